The van der Waals surface area contributed by atoms with Crippen molar-refractivity contribution in [3.63, 3.8) is 0 Å². The third-order valence-electron chi connectivity index (χ3n) is 3.97. The standard InChI is InChI=1S/C19H26F3N3O4/c1-18(2,3)29-17(27)24-14-5-4-10-25(11-14)12-16(26)23-13-6-8-15(9-7-13)28-19(20,21)22/h6-9,14H,4-5,10-12H2,1-3H3,(H,23,26)(H,24,27)/t14-/m1/s1. The number of nitrogens with one attached hydrogen (secondary N) is 2. The van der Waals surface area contributed by atoms with Crippen molar-refractivity contribution in [3.05, 3.63) is 24.3 Å². The van der Waals surface area contributed by atoms with E-state index in [4.69, 9.17) is 4.74 Å². The van der Waals surface area contributed by atoms with Crippen LogP contribution in [0.15, 0.2) is 24.3 Å². The Kier molecular flexibility index (Phi) is 7.34. The van der Waals surface area contributed by atoms with Gasteiger partial charge in [0.05, 0.1) is 6.54 Å². The Morgan fingerprint density at radius 2 is 1.83 bits per heavy atom. The first-order valence-corrected chi connectivity index (χ1v) is 9.27. The quantitative estimate of drug-likeness (QED) is 0.767. The number of anilines is 1. The van der Waals surface area contributed by atoms with Crippen LogP contribution >= 0.6 is 0 Å². The van der Waals surface area contributed by atoms with E-state index in [0.29, 0.717) is 18.8 Å². The first-order chi connectivity index (χ1) is 13.4. The smallest absolute Gasteiger partial charge is 0.444 e. The molecule has 0 bridgehead atoms. The molecule has 2 N–H and O–H groups in total. The minimum absolute atomic E-state index is 0.104. The number of likely N-dealkylation sites (tertiary alicyclic amines) is 1. The number of alkyl carbamates (subject to hydrolysis) is 1. The molecule has 1 aliphatic heterocycles. The number of nitrogens with zero attached hydrogens (tertiary/aromatic N) is 1. The number of carbonyl (C=O) groups excluding carboxylic acids is 2. The van der Waals surface area contributed by atoms with Crippen LogP contribution in [0.4, 0.5) is 23.7 Å². The highest BCUT2D eigenvalue weighted by molar-refractivity contribution is 5.92. The molecule has 1 saturated heterocycles. The van der Waals surface area contributed by atoms with Crippen molar-refractivity contribution in [2.75, 3.05) is 25.0 Å². The number of hydrogen-bond acceptors (Lipinski definition) is 5. The van der Waals surface area contributed by atoms with Gasteiger partial charge in [0, 0.05) is 18.3 Å². The first kappa shape index (κ1) is 22.8. The summed E-state index contributed by atoms with van der Waals surface area (Å²) >= 11 is 0. The Bertz CT molecular complexity index is 702. The van der Waals surface area contributed by atoms with E-state index >= 15 is 0 Å². The molecular weight excluding hydrogens is 391 g/mol. The minimum atomic E-state index is -4.76. The van der Waals surface area contributed by atoms with Crippen LogP contribution in [-0.4, -0.2) is 54.5 Å². The number of piperidine rings is 1. The van der Waals surface area contributed by atoms with Crippen molar-refractivity contribution in [1.29, 1.82) is 0 Å². The molecule has 0 radical (unpaired) electrons. The maximum atomic E-state index is 12.2. The zero-order valence-electron chi connectivity index (χ0n) is 16.6. The number of halogens is 3. The van der Waals surface area contributed by atoms with Crippen molar-refractivity contribution in [2.24, 2.45) is 0 Å². The summed E-state index contributed by atoms with van der Waals surface area (Å²) in [5, 5.41) is 5.45. The second-order valence-electron chi connectivity index (χ2n) is 7.84. The average molecular weight is 417 g/mol. The Morgan fingerprint density at radius 3 is 2.41 bits per heavy atom. The topological polar surface area (TPSA) is 79.9 Å². The van der Waals surface area contributed by atoms with E-state index in [-0.39, 0.29) is 24.2 Å². The lowest BCUT2D eigenvalue weighted by molar-refractivity contribution is -0.274. The molecule has 2 amide bonds. The average Bonchev–Trinajstić information content (AvgIpc) is 2.53. The number of carbonyl (C=O) groups is 2. The summed E-state index contributed by atoms with van der Waals surface area (Å²) in [6.07, 6.45) is -3.65. The summed E-state index contributed by atoms with van der Waals surface area (Å²) < 4.78 is 45.6. The third-order valence-corrected chi connectivity index (χ3v) is 3.97. The number of amides is 2. The number of ether oxygens (including phenoxy) is 2. The van der Waals surface area contributed by atoms with Crippen LogP contribution in [-0.2, 0) is 9.53 Å². The van der Waals surface area contributed by atoms with E-state index in [1.807, 2.05) is 4.90 Å². The van der Waals surface area contributed by atoms with Gasteiger partial charge in [-0.25, -0.2) is 4.79 Å². The summed E-state index contributed by atoms with van der Waals surface area (Å²) in [5.74, 6) is -0.657. The molecular formula is C19H26F3N3O4. The van der Waals surface area contributed by atoms with Gasteiger partial charge >= 0.3 is 12.5 Å². The van der Waals surface area contributed by atoms with Crippen molar-refractivity contribution in [2.45, 2.75) is 51.6 Å². The van der Waals surface area contributed by atoms with Crippen molar-refractivity contribution < 1.29 is 32.2 Å². The van der Waals surface area contributed by atoms with E-state index < -0.39 is 18.1 Å². The molecule has 162 valence electrons. The molecule has 1 aromatic rings. The molecule has 1 fully saturated rings. The van der Waals surface area contributed by atoms with Gasteiger partial charge in [0.25, 0.3) is 0 Å². The summed E-state index contributed by atoms with van der Waals surface area (Å²) in [4.78, 5) is 26.0. The summed E-state index contributed by atoms with van der Waals surface area (Å²) in [5.41, 5.74) is -0.219. The van der Waals surface area contributed by atoms with Gasteiger partial charge in [0.1, 0.15) is 11.4 Å². The van der Waals surface area contributed by atoms with E-state index in [1.54, 1.807) is 20.8 Å². The number of alkyl halides is 3. The minimum Gasteiger partial charge on any atom is -0.444 e. The SMILES string of the molecule is CC(C)(C)OC(=O)N[C@@H]1CCCN(CC(=O)Nc2ccc(OC(F)(F)F)cc2)C1. The molecule has 0 unspecified atom stereocenters. The monoisotopic (exact) mass is 417 g/mol. The Labute approximate surface area is 167 Å². The molecule has 1 heterocycles. The number of rotatable bonds is 5. The fourth-order valence-electron chi connectivity index (χ4n) is 2.93. The van der Waals surface area contributed by atoms with Crippen molar-refractivity contribution in [3.8, 4) is 5.75 Å². The lowest BCUT2D eigenvalue weighted by Crippen LogP contribution is -2.50. The lowest BCUT2D eigenvalue weighted by atomic mass is 10.1. The Morgan fingerprint density at radius 1 is 1.17 bits per heavy atom. The predicted octanol–water partition coefficient (Wildman–Crippen LogP) is 3.51. The lowest BCUT2D eigenvalue weighted by Gasteiger charge is -2.33. The summed E-state index contributed by atoms with van der Waals surface area (Å²) in [6, 6.07) is 4.81. The normalized spacial score (nSPS) is 18.1. The van der Waals surface area contributed by atoms with Crippen molar-refractivity contribution in [1.82, 2.24) is 10.2 Å². The largest absolute Gasteiger partial charge is 0.573 e. The highest BCUT2D eigenvalue weighted by Gasteiger charge is 2.31. The molecule has 2 rings (SSSR count). The van der Waals surface area contributed by atoms with Gasteiger partial charge in [0.15, 0.2) is 0 Å². The Balaban J connectivity index is 1.80. The number of benzene rings is 1. The fourth-order valence-corrected chi connectivity index (χ4v) is 2.93. The van der Waals surface area contributed by atoms with Crippen LogP contribution in [0.1, 0.15) is 33.6 Å². The summed E-state index contributed by atoms with van der Waals surface area (Å²) in [7, 11) is 0. The Hall–Kier alpha value is -2.49. The zero-order valence-corrected chi connectivity index (χ0v) is 16.6. The van der Waals surface area contributed by atoms with Crippen molar-refractivity contribution >= 4 is 17.7 Å². The van der Waals surface area contributed by atoms with Gasteiger partial charge in [0.2, 0.25) is 5.91 Å². The zero-order chi connectivity index (χ0) is 21.7. The molecule has 29 heavy (non-hydrogen) atoms. The third kappa shape index (κ3) is 9.03. The van der Waals surface area contributed by atoms with Gasteiger partial charge in [-0.2, -0.15) is 0 Å². The van der Waals surface area contributed by atoms with Crippen LogP contribution in [0.3, 0.4) is 0 Å². The van der Waals surface area contributed by atoms with Gasteiger partial charge in [-0.1, -0.05) is 0 Å². The van der Waals surface area contributed by atoms with E-state index in [9.17, 15) is 22.8 Å². The molecule has 1 aromatic carbocycles. The second-order valence-corrected chi connectivity index (χ2v) is 7.84. The predicted molar refractivity (Wildman–Crippen MR) is 101 cm³/mol. The molecule has 1 atom stereocenters. The fraction of sp³-hybridized carbons (Fsp3) is 0.579. The van der Waals surface area contributed by atoms with E-state index in [2.05, 4.69) is 15.4 Å². The highest BCUT2D eigenvalue weighted by atomic mass is 19.4. The van der Waals surface area contributed by atoms with Crippen LogP contribution in [0.5, 0.6) is 5.75 Å². The number of hydrogen-bond donors (Lipinski definition) is 2. The van der Waals surface area contributed by atoms with Crippen LogP contribution in [0.25, 0.3) is 0 Å². The van der Waals surface area contributed by atoms with Gasteiger partial charge in [-0.15, -0.1) is 13.2 Å². The van der Waals surface area contributed by atoms with Crippen LogP contribution in [0.2, 0.25) is 0 Å². The molecule has 0 saturated carbocycles. The van der Waals surface area contributed by atoms with Gasteiger partial charge in [-0.05, 0) is 64.4 Å². The van der Waals surface area contributed by atoms with E-state index in [0.717, 1.165) is 25.0 Å². The molecule has 0 spiro atoms. The van der Waals surface area contributed by atoms with Gasteiger partial charge < -0.3 is 20.1 Å². The second kappa shape index (κ2) is 9.34. The van der Waals surface area contributed by atoms with E-state index in [1.165, 1.54) is 12.1 Å². The highest BCUT2D eigenvalue weighted by Crippen LogP contribution is 2.24. The summed E-state index contributed by atoms with van der Waals surface area (Å²) in [6.45, 7) is 6.67. The molecule has 0 aromatic heterocycles. The first-order valence-electron chi connectivity index (χ1n) is 9.27. The molecule has 7 nitrogen and oxygen atoms in total. The maximum absolute atomic E-state index is 12.2. The molecule has 1 aliphatic rings. The van der Waals surface area contributed by atoms with Crippen LogP contribution < -0.4 is 15.4 Å². The maximum Gasteiger partial charge on any atom is 0.573 e. The molecule has 10 heteroatoms. The van der Waals surface area contributed by atoms with Gasteiger partial charge in [-0.3, -0.25) is 9.69 Å². The molecule has 0 aliphatic carbocycles. The van der Waals surface area contributed by atoms with Crippen LogP contribution in [0, 0.1) is 0 Å².